The van der Waals surface area contributed by atoms with Crippen LogP contribution in [0.2, 0.25) is 0 Å². The van der Waals surface area contributed by atoms with Gasteiger partial charge in [-0.25, -0.2) is 0 Å². The molecule has 22 heavy (non-hydrogen) atoms. The molecule has 0 fully saturated rings. The van der Waals surface area contributed by atoms with Gasteiger partial charge in [0, 0.05) is 22.6 Å². The van der Waals surface area contributed by atoms with Gasteiger partial charge >= 0.3 is 0 Å². The first-order valence-corrected chi connectivity index (χ1v) is 8.82. The maximum Gasteiger partial charge on any atom is 0.232 e. The lowest BCUT2D eigenvalue weighted by atomic mass is 10.0. The SMILES string of the molecule is CC(C)NC(=O)CS(=O)Cc1ccc(-c2ccccc2)cc1. The van der Waals surface area contributed by atoms with E-state index >= 15 is 0 Å². The number of nitrogens with one attached hydrogen (secondary N) is 1. The number of hydrogen-bond donors (Lipinski definition) is 1. The molecule has 116 valence electrons. The van der Waals surface area contributed by atoms with Crippen LogP contribution in [0.1, 0.15) is 19.4 Å². The first-order valence-electron chi connectivity index (χ1n) is 7.33. The third-order valence-corrected chi connectivity index (χ3v) is 4.37. The third-order valence-electron chi connectivity index (χ3n) is 3.13. The Kier molecular flexibility index (Phi) is 5.90. The molecule has 1 unspecified atom stereocenters. The Morgan fingerprint density at radius 2 is 1.59 bits per heavy atom. The van der Waals surface area contributed by atoms with Gasteiger partial charge in [-0.15, -0.1) is 0 Å². The highest BCUT2D eigenvalue weighted by Gasteiger charge is 2.09. The van der Waals surface area contributed by atoms with Crippen molar-refractivity contribution in [3.63, 3.8) is 0 Å². The van der Waals surface area contributed by atoms with E-state index < -0.39 is 10.8 Å². The second kappa shape index (κ2) is 7.90. The molecule has 0 saturated heterocycles. The molecule has 1 atom stereocenters. The van der Waals surface area contributed by atoms with Crippen LogP contribution in [-0.2, 0) is 21.3 Å². The molecule has 3 nitrogen and oxygen atoms in total. The molecular formula is C18H21NO2S. The molecule has 0 aromatic heterocycles. The van der Waals surface area contributed by atoms with Gasteiger partial charge in [-0.1, -0.05) is 54.6 Å². The molecule has 2 aromatic rings. The predicted molar refractivity (Wildman–Crippen MR) is 91.9 cm³/mol. The Labute approximate surface area is 134 Å². The smallest absolute Gasteiger partial charge is 0.232 e. The predicted octanol–water partition coefficient (Wildman–Crippen LogP) is 3.13. The fraction of sp³-hybridized carbons (Fsp3) is 0.278. The minimum Gasteiger partial charge on any atom is -0.353 e. The lowest BCUT2D eigenvalue weighted by molar-refractivity contribution is -0.119. The lowest BCUT2D eigenvalue weighted by Crippen LogP contribution is -2.33. The van der Waals surface area contributed by atoms with Crippen LogP contribution in [0.3, 0.4) is 0 Å². The molecule has 0 aliphatic heterocycles. The summed E-state index contributed by atoms with van der Waals surface area (Å²) in [6.07, 6.45) is 0. The van der Waals surface area contributed by atoms with Crippen LogP contribution in [0, 0.1) is 0 Å². The van der Waals surface area contributed by atoms with Crippen molar-refractivity contribution in [1.29, 1.82) is 0 Å². The summed E-state index contributed by atoms with van der Waals surface area (Å²) in [5, 5.41) is 2.76. The van der Waals surface area contributed by atoms with E-state index in [0.717, 1.165) is 16.7 Å². The molecule has 4 heteroatoms. The lowest BCUT2D eigenvalue weighted by Gasteiger charge is -2.08. The van der Waals surface area contributed by atoms with E-state index in [0.29, 0.717) is 5.75 Å². The van der Waals surface area contributed by atoms with Crippen molar-refractivity contribution in [2.24, 2.45) is 0 Å². The van der Waals surface area contributed by atoms with Crippen LogP contribution in [0.5, 0.6) is 0 Å². The maximum absolute atomic E-state index is 12.0. The highest BCUT2D eigenvalue weighted by molar-refractivity contribution is 7.84. The summed E-state index contributed by atoms with van der Waals surface area (Å²) in [4.78, 5) is 11.6. The molecule has 0 saturated carbocycles. The van der Waals surface area contributed by atoms with Gasteiger partial charge in [0.05, 0.1) is 0 Å². The monoisotopic (exact) mass is 315 g/mol. The summed E-state index contributed by atoms with van der Waals surface area (Å²) in [5.41, 5.74) is 3.27. The Balaban J connectivity index is 1.94. The summed E-state index contributed by atoms with van der Waals surface area (Å²) >= 11 is 0. The standard InChI is InChI=1S/C18H21NO2S/c1-14(2)19-18(20)13-22(21)12-15-8-10-17(11-9-15)16-6-4-3-5-7-16/h3-11,14H,12-13H2,1-2H3,(H,19,20). The van der Waals surface area contributed by atoms with Gasteiger partial charge in [0.1, 0.15) is 5.75 Å². The molecule has 1 N–H and O–H groups in total. The zero-order valence-corrected chi connectivity index (χ0v) is 13.7. The van der Waals surface area contributed by atoms with E-state index in [4.69, 9.17) is 0 Å². The average molecular weight is 315 g/mol. The number of carbonyl (C=O) groups is 1. The van der Waals surface area contributed by atoms with Gasteiger partial charge in [-0.3, -0.25) is 9.00 Å². The third kappa shape index (κ3) is 5.11. The van der Waals surface area contributed by atoms with Gasteiger partial charge in [0.25, 0.3) is 0 Å². The van der Waals surface area contributed by atoms with Gasteiger partial charge in [-0.2, -0.15) is 0 Å². The quantitative estimate of drug-likeness (QED) is 0.890. The van der Waals surface area contributed by atoms with E-state index in [2.05, 4.69) is 17.4 Å². The number of carbonyl (C=O) groups excluding carboxylic acids is 1. The summed E-state index contributed by atoms with van der Waals surface area (Å²) in [6.45, 7) is 3.78. The fourth-order valence-corrected chi connectivity index (χ4v) is 3.21. The van der Waals surface area contributed by atoms with Crippen molar-refractivity contribution in [3.05, 3.63) is 60.2 Å². The summed E-state index contributed by atoms with van der Waals surface area (Å²) < 4.78 is 12.0. The van der Waals surface area contributed by atoms with E-state index in [-0.39, 0.29) is 17.7 Å². The number of rotatable bonds is 6. The molecule has 0 heterocycles. The molecule has 1 amide bonds. The van der Waals surface area contributed by atoms with Crippen molar-refractivity contribution in [2.45, 2.75) is 25.6 Å². The summed E-state index contributed by atoms with van der Waals surface area (Å²) in [6, 6.07) is 18.2. The molecule has 2 rings (SSSR count). The largest absolute Gasteiger partial charge is 0.353 e. The first kappa shape index (κ1) is 16.4. The van der Waals surface area contributed by atoms with E-state index in [1.165, 1.54) is 0 Å². The Bertz CT molecular complexity index is 636. The number of benzene rings is 2. The normalized spacial score (nSPS) is 12.1. The summed E-state index contributed by atoms with van der Waals surface area (Å²) in [7, 11) is -1.18. The maximum atomic E-state index is 12.0. The molecule has 0 spiro atoms. The second-order valence-corrected chi connectivity index (χ2v) is 6.97. The van der Waals surface area contributed by atoms with E-state index in [9.17, 15) is 9.00 Å². The minimum absolute atomic E-state index is 0.0542. The Morgan fingerprint density at radius 3 is 2.18 bits per heavy atom. The number of amides is 1. The molecular weight excluding hydrogens is 294 g/mol. The summed E-state index contributed by atoms with van der Waals surface area (Å²) in [5.74, 6) is 0.299. The van der Waals surface area contributed by atoms with Gasteiger partial charge in [-0.05, 0) is 30.5 Å². The van der Waals surface area contributed by atoms with Gasteiger partial charge in [0.15, 0.2) is 0 Å². The van der Waals surface area contributed by atoms with Crippen LogP contribution in [0.4, 0.5) is 0 Å². The molecule has 0 aliphatic rings. The highest BCUT2D eigenvalue weighted by Crippen LogP contribution is 2.19. The topological polar surface area (TPSA) is 46.2 Å². The first-order chi connectivity index (χ1) is 10.5. The van der Waals surface area contributed by atoms with Crippen LogP contribution < -0.4 is 5.32 Å². The highest BCUT2D eigenvalue weighted by atomic mass is 32.2. The van der Waals surface area contributed by atoms with E-state index in [1.54, 1.807) is 0 Å². The average Bonchev–Trinajstić information content (AvgIpc) is 2.47. The van der Waals surface area contributed by atoms with Crippen molar-refractivity contribution in [3.8, 4) is 11.1 Å². The van der Waals surface area contributed by atoms with Crippen molar-refractivity contribution >= 4 is 16.7 Å². The Morgan fingerprint density at radius 1 is 1.00 bits per heavy atom. The number of hydrogen-bond acceptors (Lipinski definition) is 2. The van der Waals surface area contributed by atoms with Crippen molar-refractivity contribution < 1.29 is 9.00 Å². The van der Waals surface area contributed by atoms with Crippen LogP contribution in [-0.4, -0.2) is 21.9 Å². The Hall–Kier alpha value is -1.94. The second-order valence-electron chi connectivity index (χ2n) is 5.51. The minimum atomic E-state index is -1.18. The molecule has 0 radical (unpaired) electrons. The van der Waals surface area contributed by atoms with Gasteiger partial charge < -0.3 is 5.32 Å². The van der Waals surface area contributed by atoms with Crippen LogP contribution in [0.25, 0.3) is 11.1 Å². The van der Waals surface area contributed by atoms with E-state index in [1.807, 2.05) is 56.3 Å². The van der Waals surface area contributed by atoms with Gasteiger partial charge in [0.2, 0.25) is 5.91 Å². The van der Waals surface area contributed by atoms with Crippen LogP contribution >= 0.6 is 0 Å². The van der Waals surface area contributed by atoms with Crippen LogP contribution in [0.15, 0.2) is 54.6 Å². The molecule has 0 bridgehead atoms. The molecule has 0 aliphatic carbocycles. The molecule has 2 aromatic carbocycles. The van der Waals surface area contributed by atoms with Crippen molar-refractivity contribution in [1.82, 2.24) is 5.32 Å². The fourth-order valence-electron chi connectivity index (χ4n) is 2.17. The van der Waals surface area contributed by atoms with Crippen molar-refractivity contribution in [2.75, 3.05) is 5.75 Å². The zero-order chi connectivity index (χ0) is 15.9. The zero-order valence-electron chi connectivity index (χ0n) is 12.9.